The largest absolute Gasteiger partial charge is 0.454 e. The molecule has 1 heterocycles. The minimum Gasteiger partial charge on any atom is -0.454 e. The summed E-state index contributed by atoms with van der Waals surface area (Å²) in [5, 5.41) is 20.2. The molecule has 104 valence electrons. The van der Waals surface area contributed by atoms with Crippen LogP contribution in [0.3, 0.4) is 0 Å². The van der Waals surface area contributed by atoms with Crippen molar-refractivity contribution in [2.75, 3.05) is 0 Å². The first-order chi connectivity index (χ1) is 8.88. The van der Waals surface area contributed by atoms with Crippen LogP contribution in [0, 0.1) is 5.92 Å². The fraction of sp³-hybridized carbons (Fsp3) is 0.533. The van der Waals surface area contributed by atoms with Crippen LogP contribution in [-0.2, 0) is 9.53 Å². The van der Waals surface area contributed by atoms with Crippen LogP contribution in [0.25, 0.3) is 0 Å². The molecule has 1 fully saturated rings. The van der Waals surface area contributed by atoms with Gasteiger partial charge in [-0.3, -0.25) is 0 Å². The normalized spacial score (nSPS) is 38.9. The molecule has 1 unspecified atom stereocenters. The van der Waals surface area contributed by atoms with Crippen molar-refractivity contribution in [1.82, 2.24) is 0 Å². The van der Waals surface area contributed by atoms with E-state index in [1.807, 2.05) is 19.9 Å². The summed E-state index contributed by atoms with van der Waals surface area (Å²) in [6.45, 7) is 7.47. The third kappa shape index (κ3) is 2.96. The zero-order valence-corrected chi connectivity index (χ0v) is 11.3. The molecule has 2 N–H and O–H groups in total. The smallest absolute Gasteiger partial charge is 0.334 e. The van der Waals surface area contributed by atoms with Crippen LogP contribution in [0.2, 0.25) is 0 Å². The van der Waals surface area contributed by atoms with Crippen molar-refractivity contribution in [2.24, 2.45) is 5.92 Å². The first kappa shape index (κ1) is 14.0. The van der Waals surface area contributed by atoms with Gasteiger partial charge >= 0.3 is 5.97 Å². The minimum absolute atomic E-state index is 0.329. The van der Waals surface area contributed by atoms with Crippen LogP contribution >= 0.6 is 0 Å². The lowest BCUT2D eigenvalue weighted by Crippen LogP contribution is -2.29. The van der Waals surface area contributed by atoms with Gasteiger partial charge in [0, 0.05) is 5.57 Å². The van der Waals surface area contributed by atoms with Crippen molar-refractivity contribution in [1.29, 1.82) is 0 Å². The van der Waals surface area contributed by atoms with Gasteiger partial charge in [0.25, 0.3) is 0 Å². The quantitative estimate of drug-likeness (QED) is 0.395. The summed E-state index contributed by atoms with van der Waals surface area (Å²) in [6.07, 6.45) is 2.69. The highest BCUT2D eigenvalue weighted by Crippen LogP contribution is 2.34. The van der Waals surface area contributed by atoms with E-state index in [1.165, 1.54) is 0 Å². The number of aliphatic hydroxyl groups is 2. The van der Waals surface area contributed by atoms with Crippen molar-refractivity contribution < 1.29 is 19.7 Å². The maximum absolute atomic E-state index is 11.6. The average Bonchev–Trinajstić information content (AvgIpc) is 2.52. The highest BCUT2D eigenvalue weighted by atomic mass is 16.6. The second-order valence-corrected chi connectivity index (χ2v) is 5.49. The number of hydrogen-bond acceptors (Lipinski definition) is 4. The summed E-state index contributed by atoms with van der Waals surface area (Å²) in [4.78, 5) is 11.6. The van der Waals surface area contributed by atoms with Gasteiger partial charge in [-0.05, 0) is 32.8 Å². The fourth-order valence-corrected chi connectivity index (χ4v) is 2.79. The number of aliphatic hydroxyl groups excluding tert-OH is 2. The van der Waals surface area contributed by atoms with E-state index < -0.39 is 30.2 Å². The van der Waals surface area contributed by atoms with Crippen LogP contribution in [0.15, 0.2) is 35.5 Å². The molecule has 0 aromatic rings. The Balaban J connectivity index is 2.36. The van der Waals surface area contributed by atoms with E-state index in [1.54, 1.807) is 6.08 Å². The Kier molecular flexibility index (Phi) is 3.92. The van der Waals surface area contributed by atoms with Crippen molar-refractivity contribution in [3.63, 3.8) is 0 Å². The van der Waals surface area contributed by atoms with Crippen LogP contribution in [0.5, 0.6) is 0 Å². The maximum Gasteiger partial charge on any atom is 0.334 e. The van der Waals surface area contributed by atoms with E-state index in [0.29, 0.717) is 18.4 Å². The Morgan fingerprint density at radius 3 is 2.53 bits per heavy atom. The van der Waals surface area contributed by atoms with Crippen molar-refractivity contribution >= 4 is 5.97 Å². The molecule has 2 rings (SSSR count). The zero-order valence-electron chi connectivity index (χ0n) is 11.3. The summed E-state index contributed by atoms with van der Waals surface area (Å²) in [7, 11) is 0. The summed E-state index contributed by atoms with van der Waals surface area (Å²) >= 11 is 0. The molecule has 0 aromatic carbocycles. The summed E-state index contributed by atoms with van der Waals surface area (Å²) < 4.78 is 5.24. The summed E-state index contributed by atoms with van der Waals surface area (Å²) in [5.74, 6) is -0.847. The Bertz CT molecular complexity index is 461. The van der Waals surface area contributed by atoms with Gasteiger partial charge in [0.05, 0.1) is 18.1 Å². The fourth-order valence-electron chi connectivity index (χ4n) is 2.79. The molecule has 19 heavy (non-hydrogen) atoms. The van der Waals surface area contributed by atoms with E-state index in [0.717, 1.165) is 11.1 Å². The third-order valence-corrected chi connectivity index (χ3v) is 3.66. The monoisotopic (exact) mass is 264 g/mol. The molecular weight excluding hydrogens is 244 g/mol. The standard InChI is InChI=1S/C15H20O4/c1-8-4-11(16)5-9(2)7-13-14(12(17)6-8)10(3)15(18)19-13/h4,7,11-14,16-17H,3,5-6H2,1-2H3/b8-4?,9-7+/t11-,12-,13-,14?/m1/s1. The molecule has 4 nitrogen and oxygen atoms in total. The van der Waals surface area contributed by atoms with Crippen LogP contribution in [0.1, 0.15) is 26.7 Å². The molecule has 0 spiro atoms. The molecule has 1 aliphatic heterocycles. The topological polar surface area (TPSA) is 66.8 Å². The molecule has 0 aromatic heterocycles. The van der Waals surface area contributed by atoms with E-state index in [9.17, 15) is 15.0 Å². The first-order valence-corrected chi connectivity index (χ1v) is 6.49. The average molecular weight is 264 g/mol. The Morgan fingerprint density at radius 1 is 1.21 bits per heavy atom. The Morgan fingerprint density at radius 2 is 1.84 bits per heavy atom. The number of ether oxygens (including phenoxy) is 1. The number of esters is 1. The van der Waals surface area contributed by atoms with E-state index in [-0.39, 0.29) is 0 Å². The molecule has 1 saturated heterocycles. The Hall–Kier alpha value is -1.39. The number of rotatable bonds is 0. The highest BCUT2D eigenvalue weighted by Gasteiger charge is 2.42. The van der Waals surface area contributed by atoms with Gasteiger partial charge in [-0.15, -0.1) is 0 Å². The molecule has 0 radical (unpaired) electrons. The SMILES string of the molecule is C=C1C(=O)O[C@@H]2/C=C(\C)C[C@H](O)C=C(C)C[C@@H](O)C12. The van der Waals surface area contributed by atoms with Crippen molar-refractivity contribution in [2.45, 2.75) is 45.0 Å². The minimum atomic E-state index is -0.727. The van der Waals surface area contributed by atoms with Crippen LogP contribution in [-0.4, -0.2) is 34.5 Å². The van der Waals surface area contributed by atoms with Crippen molar-refractivity contribution in [3.05, 3.63) is 35.5 Å². The molecule has 4 atom stereocenters. The van der Waals surface area contributed by atoms with Gasteiger partial charge in [0.1, 0.15) is 6.10 Å². The van der Waals surface area contributed by atoms with Gasteiger partial charge in [0.2, 0.25) is 0 Å². The molecule has 2 aliphatic rings. The summed E-state index contributed by atoms with van der Waals surface area (Å²) in [6, 6.07) is 0. The maximum atomic E-state index is 11.6. The summed E-state index contributed by atoms with van der Waals surface area (Å²) in [5.41, 5.74) is 2.17. The number of hydrogen-bond donors (Lipinski definition) is 2. The van der Waals surface area contributed by atoms with E-state index in [4.69, 9.17) is 4.74 Å². The van der Waals surface area contributed by atoms with Crippen LogP contribution in [0.4, 0.5) is 0 Å². The lowest BCUT2D eigenvalue weighted by Gasteiger charge is -2.23. The molecule has 1 aliphatic carbocycles. The molecule has 0 amide bonds. The number of fused-ring (bicyclic) bond motifs is 1. The van der Waals surface area contributed by atoms with Crippen LogP contribution < -0.4 is 0 Å². The second kappa shape index (κ2) is 5.31. The number of carbonyl (C=O) groups is 1. The lowest BCUT2D eigenvalue weighted by molar-refractivity contribution is -0.137. The van der Waals surface area contributed by atoms with E-state index >= 15 is 0 Å². The molecule has 0 saturated carbocycles. The molecule has 4 heteroatoms. The zero-order chi connectivity index (χ0) is 14.2. The van der Waals surface area contributed by atoms with Gasteiger partial charge < -0.3 is 14.9 Å². The van der Waals surface area contributed by atoms with Gasteiger partial charge in [-0.25, -0.2) is 4.79 Å². The van der Waals surface area contributed by atoms with Gasteiger partial charge in [0.15, 0.2) is 0 Å². The lowest BCUT2D eigenvalue weighted by atomic mass is 9.85. The van der Waals surface area contributed by atoms with Gasteiger partial charge in [-0.2, -0.15) is 0 Å². The van der Waals surface area contributed by atoms with E-state index in [2.05, 4.69) is 6.58 Å². The van der Waals surface area contributed by atoms with Gasteiger partial charge in [-0.1, -0.05) is 23.8 Å². The highest BCUT2D eigenvalue weighted by molar-refractivity contribution is 5.91. The second-order valence-electron chi connectivity index (χ2n) is 5.49. The molecular formula is C15H20O4. The predicted octanol–water partition coefficient (Wildman–Crippen LogP) is 1.49. The third-order valence-electron chi connectivity index (χ3n) is 3.66. The predicted molar refractivity (Wildman–Crippen MR) is 71.3 cm³/mol. The Labute approximate surface area is 113 Å². The first-order valence-electron chi connectivity index (χ1n) is 6.49. The molecule has 0 bridgehead atoms. The van der Waals surface area contributed by atoms with Crippen molar-refractivity contribution in [3.8, 4) is 0 Å². The number of carbonyl (C=O) groups excluding carboxylic acids is 1.